The van der Waals surface area contributed by atoms with E-state index in [4.69, 9.17) is 5.73 Å². The van der Waals surface area contributed by atoms with Crippen LogP contribution in [0, 0.1) is 6.92 Å². The second-order valence-corrected chi connectivity index (χ2v) is 5.10. The van der Waals surface area contributed by atoms with E-state index < -0.39 is 5.97 Å². The lowest BCUT2D eigenvalue weighted by atomic mass is 10.2. The van der Waals surface area contributed by atoms with Crippen molar-refractivity contribution in [3.05, 3.63) is 33.9 Å². The van der Waals surface area contributed by atoms with Crippen molar-refractivity contribution < 1.29 is 9.90 Å². The van der Waals surface area contributed by atoms with Crippen LogP contribution >= 0.6 is 11.3 Å². The van der Waals surface area contributed by atoms with Crippen LogP contribution in [0.4, 0.5) is 11.5 Å². The Kier molecular flexibility index (Phi) is 3.66. The standard InChI is InChI=1S/C12H14N4O2S/c1-7-10(19-6-15-7)5-16(2)11-9(12(17)18)3-8(13)4-14-11/h3-4,6H,5,13H2,1-2H3,(H,17,18). The van der Waals surface area contributed by atoms with Gasteiger partial charge in [-0.1, -0.05) is 0 Å². The van der Waals surface area contributed by atoms with Crippen molar-refractivity contribution in [2.24, 2.45) is 0 Å². The Morgan fingerprint density at radius 1 is 1.53 bits per heavy atom. The van der Waals surface area contributed by atoms with E-state index in [2.05, 4.69) is 9.97 Å². The molecule has 6 nitrogen and oxygen atoms in total. The van der Waals surface area contributed by atoms with E-state index in [0.29, 0.717) is 18.1 Å². The summed E-state index contributed by atoms with van der Waals surface area (Å²) in [6, 6.07) is 1.42. The number of nitrogen functional groups attached to an aromatic ring is 1. The molecule has 0 aliphatic heterocycles. The molecule has 100 valence electrons. The molecule has 7 heteroatoms. The van der Waals surface area contributed by atoms with Crippen LogP contribution in [0.1, 0.15) is 20.9 Å². The first kappa shape index (κ1) is 13.3. The number of aromatic nitrogens is 2. The summed E-state index contributed by atoms with van der Waals surface area (Å²) in [5, 5.41) is 9.19. The van der Waals surface area contributed by atoms with Crippen molar-refractivity contribution in [1.82, 2.24) is 9.97 Å². The summed E-state index contributed by atoms with van der Waals surface area (Å²) in [5.41, 5.74) is 8.73. The number of rotatable bonds is 4. The first-order valence-corrected chi connectivity index (χ1v) is 6.46. The number of thiazole rings is 1. The molecule has 2 aromatic rings. The van der Waals surface area contributed by atoms with Gasteiger partial charge < -0.3 is 15.7 Å². The van der Waals surface area contributed by atoms with Crippen LogP contribution in [0.5, 0.6) is 0 Å². The van der Waals surface area contributed by atoms with Gasteiger partial charge in [-0.05, 0) is 13.0 Å². The summed E-state index contributed by atoms with van der Waals surface area (Å²) >= 11 is 1.54. The fourth-order valence-electron chi connectivity index (χ4n) is 1.70. The zero-order chi connectivity index (χ0) is 14.0. The van der Waals surface area contributed by atoms with Gasteiger partial charge in [0.1, 0.15) is 11.4 Å². The minimum atomic E-state index is -1.04. The maximum Gasteiger partial charge on any atom is 0.339 e. The Morgan fingerprint density at radius 2 is 2.26 bits per heavy atom. The molecule has 0 bridgehead atoms. The number of aryl methyl sites for hydroxylation is 1. The molecule has 2 aromatic heterocycles. The zero-order valence-electron chi connectivity index (χ0n) is 10.6. The van der Waals surface area contributed by atoms with Gasteiger partial charge in [-0.15, -0.1) is 11.3 Å². The van der Waals surface area contributed by atoms with Crippen LogP contribution in [-0.4, -0.2) is 28.1 Å². The number of pyridine rings is 1. The van der Waals surface area contributed by atoms with Crippen LogP contribution in [0.3, 0.4) is 0 Å². The fraction of sp³-hybridized carbons (Fsp3) is 0.250. The van der Waals surface area contributed by atoms with E-state index in [1.54, 1.807) is 17.5 Å². The maximum absolute atomic E-state index is 11.2. The summed E-state index contributed by atoms with van der Waals surface area (Å²) in [4.78, 5) is 22.4. The van der Waals surface area contributed by atoms with Crippen molar-refractivity contribution in [3.8, 4) is 0 Å². The number of aromatic carboxylic acids is 1. The lowest BCUT2D eigenvalue weighted by Gasteiger charge is -2.19. The van der Waals surface area contributed by atoms with Crippen molar-refractivity contribution in [1.29, 1.82) is 0 Å². The average molecular weight is 278 g/mol. The number of carbonyl (C=O) groups is 1. The van der Waals surface area contributed by atoms with Crippen LogP contribution in [-0.2, 0) is 6.54 Å². The normalized spacial score (nSPS) is 10.4. The van der Waals surface area contributed by atoms with Gasteiger partial charge in [0, 0.05) is 11.9 Å². The highest BCUT2D eigenvalue weighted by Gasteiger charge is 2.16. The number of nitrogens with zero attached hydrogens (tertiary/aromatic N) is 3. The van der Waals surface area contributed by atoms with Crippen molar-refractivity contribution in [2.45, 2.75) is 13.5 Å². The van der Waals surface area contributed by atoms with Crippen molar-refractivity contribution in [3.63, 3.8) is 0 Å². The Labute approximate surface area is 114 Å². The molecular weight excluding hydrogens is 264 g/mol. The average Bonchev–Trinajstić information content (AvgIpc) is 2.74. The molecule has 2 heterocycles. The molecule has 0 aliphatic rings. The molecule has 0 atom stereocenters. The fourth-order valence-corrected chi connectivity index (χ4v) is 2.53. The summed E-state index contributed by atoms with van der Waals surface area (Å²) in [6.45, 7) is 2.49. The number of anilines is 2. The second kappa shape index (κ2) is 5.23. The number of carboxylic acids is 1. The molecule has 0 unspecified atom stereocenters. The highest BCUT2D eigenvalue weighted by atomic mass is 32.1. The van der Waals surface area contributed by atoms with Gasteiger partial charge >= 0.3 is 5.97 Å². The minimum absolute atomic E-state index is 0.102. The highest BCUT2D eigenvalue weighted by Crippen LogP contribution is 2.22. The Balaban J connectivity index is 2.31. The van der Waals surface area contributed by atoms with Gasteiger partial charge in [-0.25, -0.2) is 14.8 Å². The second-order valence-electron chi connectivity index (χ2n) is 4.16. The van der Waals surface area contributed by atoms with Gasteiger partial charge in [0.2, 0.25) is 0 Å². The van der Waals surface area contributed by atoms with Gasteiger partial charge in [-0.2, -0.15) is 0 Å². The highest BCUT2D eigenvalue weighted by molar-refractivity contribution is 7.09. The van der Waals surface area contributed by atoms with E-state index in [9.17, 15) is 9.90 Å². The van der Waals surface area contributed by atoms with Crippen molar-refractivity contribution in [2.75, 3.05) is 17.7 Å². The summed E-state index contributed by atoms with van der Waals surface area (Å²) in [5.74, 6) is -0.642. The predicted molar refractivity (Wildman–Crippen MR) is 74.6 cm³/mol. The van der Waals surface area contributed by atoms with E-state index >= 15 is 0 Å². The predicted octanol–water partition coefficient (Wildman–Crippen LogP) is 1.76. The van der Waals surface area contributed by atoms with Crippen LogP contribution in [0.2, 0.25) is 0 Å². The lowest BCUT2D eigenvalue weighted by molar-refractivity contribution is 0.0697. The van der Waals surface area contributed by atoms with Crippen molar-refractivity contribution >= 4 is 28.8 Å². The third-order valence-electron chi connectivity index (χ3n) is 2.71. The summed E-state index contributed by atoms with van der Waals surface area (Å²) < 4.78 is 0. The maximum atomic E-state index is 11.2. The smallest absolute Gasteiger partial charge is 0.339 e. The van der Waals surface area contributed by atoms with Gasteiger partial charge in [-0.3, -0.25) is 0 Å². The molecule has 0 fully saturated rings. The SMILES string of the molecule is Cc1ncsc1CN(C)c1ncc(N)cc1C(=O)O. The number of hydrogen-bond donors (Lipinski definition) is 2. The quantitative estimate of drug-likeness (QED) is 0.885. The molecular formula is C12H14N4O2S. The molecule has 0 amide bonds. The molecule has 19 heavy (non-hydrogen) atoms. The molecule has 0 saturated carbocycles. The third kappa shape index (κ3) is 2.82. The first-order valence-electron chi connectivity index (χ1n) is 5.58. The number of nitrogens with two attached hydrogens (primary N) is 1. The molecule has 0 aliphatic carbocycles. The van der Waals surface area contributed by atoms with Crippen LogP contribution in [0.25, 0.3) is 0 Å². The van der Waals surface area contributed by atoms with E-state index in [1.165, 1.54) is 23.6 Å². The Morgan fingerprint density at radius 3 is 2.84 bits per heavy atom. The summed E-state index contributed by atoms with van der Waals surface area (Å²) in [6.07, 6.45) is 1.46. The monoisotopic (exact) mass is 278 g/mol. The van der Waals surface area contributed by atoms with Gasteiger partial charge in [0.05, 0.1) is 29.6 Å². The number of hydrogen-bond acceptors (Lipinski definition) is 6. The van der Waals surface area contributed by atoms with E-state index in [1.807, 2.05) is 6.92 Å². The zero-order valence-corrected chi connectivity index (χ0v) is 11.4. The molecule has 2 rings (SSSR count). The lowest BCUT2D eigenvalue weighted by Crippen LogP contribution is -2.21. The largest absolute Gasteiger partial charge is 0.478 e. The first-order chi connectivity index (χ1) is 8.99. The minimum Gasteiger partial charge on any atom is -0.478 e. The van der Waals surface area contributed by atoms with E-state index in [-0.39, 0.29) is 5.56 Å². The Hall–Kier alpha value is -2.15. The van der Waals surface area contributed by atoms with E-state index in [0.717, 1.165) is 10.6 Å². The molecule has 3 N–H and O–H groups in total. The molecule has 0 aromatic carbocycles. The van der Waals surface area contributed by atoms with Crippen LogP contribution < -0.4 is 10.6 Å². The third-order valence-corrected chi connectivity index (χ3v) is 3.63. The molecule has 0 saturated heterocycles. The van der Waals surface area contributed by atoms with Gasteiger partial charge in [0.15, 0.2) is 0 Å². The topological polar surface area (TPSA) is 92.3 Å². The Bertz CT molecular complexity index is 612. The van der Waals surface area contributed by atoms with Crippen LogP contribution in [0.15, 0.2) is 17.8 Å². The molecule has 0 radical (unpaired) electrons. The summed E-state index contributed by atoms with van der Waals surface area (Å²) in [7, 11) is 1.80. The number of carboxylic acid groups (broad SMARTS) is 1. The molecule has 0 spiro atoms. The van der Waals surface area contributed by atoms with Gasteiger partial charge in [0.25, 0.3) is 0 Å².